The number of nitrogens with one attached hydrogen (secondary N) is 1. The minimum Gasteiger partial charge on any atom is -0.382 e. The van der Waals surface area contributed by atoms with E-state index in [4.69, 9.17) is 16.3 Å². The lowest BCUT2D eigenvalue weighted by Gasteiger charge is -2.15. The summed E-state index contributed by atoms with van der Waals surface area (Å²) < 4.78 is 5.34. The summed E-state index contributed by atoms with van der Waals surface area (Å²) in [5.74, 6) is -0.828. The van der Waals surface area contributed by atoms with E-state index in [9.17, 15) is 14.4 Å². The van der Waals surface area contributed by atoms with Crippen molar-refractivity contribution in [3.8, 4) is 0 Å². The number of hydrogen-bond donors (Lipinski definition) is 1. The second-order valence-electron chi connectivity index (χ2n) is 6.83. The number of thioether (sulfide) groups is 1. The third-order valence-corrected chi connectivity index (χ3v) is 5.87. The Hall–Kier alpha value is -2.61. The molecule has 1 aliphatic rings. The summed E-state index contributed by atoms with van der Waals surface area (Å²) in [6, 6.07) is 14.0. The van der Waals surface area contributed by atoms with Crippen LogP contribution in [0, 0.1) is 0 Å². The van der Waals surface area contributed by atoms with Crippen LogP contribution in [0.1, 0.15) is 25.8 Å². The van der Waals surface area contributed by atoms with Crippen LogP contribution < -0.4 is 5.32 Å². The maximum absolute atomic E-state index is 13.2. The first kappa shape index (κ1) is 23.1. The maximum Gasteiger partial charge on any atom is 0.268 e. The zero-order valence-corrected chi connectivity index (χ0v) is 18.9. The fourth-order valence-electron chi connectivity index (χ4n) is 3.12. The van der Waals surface area contributed by atoms with Gasteiger partial charge in [-0.15, -0.1) is 0 Å². The molecule has 0 aliphatic carbocycles. The number of benzene rings is 2. The molecule has 0 fully saturated rings. The molecule has 0 aromatic heterocycles. The van der Waals surface area contributed by atoms with Crippen LogP contribution >= 0.6 is 23.4 Å². The molecule has 0 radical (unpaired) electrons. The molecule has 0 atom stereocenters. The first-order chi connectivity index (χ1) is 14.9. The molecule has 1 N–H and O–H groups in total. The highest BCUT2D eigenvalue weighted by atomic mass is 35.5. The summed E-state index contributed by atoms with van der Waals surface area (Å²) in [5.41, 5.74) is 1.60. The Bertz CT molecular complexity index is 1000. The van der Waals surface area contributed by atoms with E-state index in [0.717, 1.165) is 4.90 Å². The second-order valence-corrected chi connectivity index (χ2v) is 8.35. The van der Waals surface area contributed by atoms with Gasteiger partial charge < -0.3 is 10.1 Å². The minimum absolute atomic E-state index is 0.182. The number of ether oxygens (including phenoxy) is 1. The van der Waals surface area contributed by atoms with Crippen LogP contribution in [0.5, 0.6) is 0 Å². The Balaban J connectivity index is 1.92. The summed E-state index contributed by atoms with van der Waals surface area (Å²) in [7, 11) is 0. The minimum atomic E-state index is -0.328. The number of carbonyl (C=O) groups is 3. The summed E-state index contributed by atoms with van der Waals surface area (Å²) in [5, 5.41) is 3.29. The fraction of sp³-hybridized carbons (Fsp3) is 0.261. The summed E-state index contributed by atoms with van der Waals surface area (Å²) in [4.78, 5) is 40.1. The Morgan fingerprint density at radius 2 is 1.74 bits per heavy atom. The highest BCUT2D eigenvalue weighted by Crippen LogP contribution is 2.40. The molecular weight excluding hydrogens is 436 g/mol. The van der Waals surface area contributed by atoms with E-state index in [1.54, 1.807) is 36.4 Å². The summed E-state index contributed by atoms with van der Waals surface area (Å²) in [6.45, 7) is 4.68. The van der Waals surface area contributed by atoms with E-state index in [0.29, 0.717) is 46.4 Å². The van der Waals surface area contributed by atoms with Crippen molar-refractivity contribution < 1.29 is 19.1 Å². The van der Waals surface area contributed by atoms with Crippen LogP contribution in [0.15, 0.2) is 58.3 Å². The van der Waals surface area contributed by atoms with Gasteiger partial charge in [-0.3, -0.25) is 19.3 Å². The standard InChI is InChI=1S/C23H23ClN2O4S/c1-3-30-14-4-13-26-22(28)20(16-5-9-18(10-6-16)25-15(2)27)21(23(26)29)31-19-11-7-17(24)8-12-19/h5-12H,3-4,13-14H2,1-2H3,(H,25,27). The number of carbonyl (C=O) groups excluding carboxylic acids is 3. The number of halogens is 1. The molecule has 162 valence electrons. The van der Waals surface area contributed by atoms with Gasteiger partial charge in [-0.2, -0.15) is 0 Å². The van der Waals surface area contributed by atoms with Gasteiger partial charge in [0, 0.05) is 42.3 Å². The molecule has 31 heavy (non-hydrogen) atoms. The Morgan fingerprint density at radius 3 is 2.35 bits per heavy atom. The number of amides is 3. The van der Waals surface area contributed by atoms with Crippen LogP contribution in [-0.4, -0.2) is 42.4 Å². The van der Waals surface area contributed by atoms with Crippen LogP contribution in [0.3, 0.4) is 0 Å². The van der Waals surface area contributed by atoms with Gasteiger partial charge in [-0.05, 0) is 55.3 Å². The molecule has 8 heteroatoms. The van der Waals surface area contributed by atoms with Crippen molar-refractivity contribution in [3.63, 3.8) is 0 Å². The van der Waals surface area contributed by atoms with Gasteiger partial charge in [0.25, 0.3) is 11.8 Å². The Morgan fingerprint density at radius 1 is 1.06 bits per heavy atom. The van der Waals surface area contributed by atoms with Crippen molar-refractivity contribution in [3.05, 3.63) is 64.0 Å². The van der Waals surface area contributed by atoms with Crippen molar-refractivity contribution in [2.75, 3.05) is 25.1 Å². The van der Waals surface area contributed by atoms with Crippen molar-refractivity contribution in [2.45, 2.75) is 25.2 Å². The molecule has 0 unspecified atom stereocenters. The predicted octanol–water partition coefficient (Wildman–Crippen LogP) is 4.60. The maximum atomic E-state index is 13.2. The molecule has 0 spiro atoms. The summed E-state index contributed by atoms with van der Waals surface area (Å²) >= 11 is 7.21. The number of hydrogen-bond acceptors (Lipinski definition) is 5. The zero-order chi connectivity index (χ0) is 22.4. The van der Waals surface area contributed by atoms with E-state index >= 15 is 0 Å². The number of imide groups is 1. The first-order valence-electron chi connectivity index (χ1n) is 9.90. The molecule has 2 aromatic carbocycles. The average Bonchev–Trinajstić information content (AvgIpc) is 2.97. The van der Waals surface area contributed by atoms with Crippen LogP contribution in [0.4, 0.5) is 5.69 Å². The highest BCUT2D eigenvalue weighted by Gasteiger charge is 2.39. The van der Waals surface area contributed by atoms with Crippen LogP contribution in [-0.2, 0) is 19.1 Å². The molecule has 1 aliphatic heterocycles. The van der Waals surface area contributed by atoms with Gasteiger partial charge in [0.15, 0.2) is 0 Å². The van der Waals surface area contributed by atoms with Gasteiger partial charge >= 0.3 is 0 Å². The monoisotopic (exact) mass is 458 g/mol. The molecule has 1 heterocycles. The lowest BCUT2D eigenvalue weighted by Crippen LogP contribution is -2.33. The molecule has 6 nitrogen and oxygen atoms in total. The summed E-state index contributed by atoms with van der Waals surface area (Å²) in [6.07, 6.45) is 0.568. The molecule has 3 rings (SSSR count). The van der Waals surface area contributed by atoms with Crippen molar-refractivity contribution >= 4 is 52.3 Å². The SMILES string of the molecule is CCOCCCN1C(=O)C(Sc2ccc(Cl)cc2)=C(c2ccc(NC(C)=O)cc2)C1=O. The third kappa shape index (κ3) is 5.76. The van der Waals surface area contributed by atoms with Crippen LogP contribution in [0.25, 0.3) is 5.57 Å². The van der Waals surface area contributed by atoms with Crippen molar-refractivity contribution in [1.29, 1.82) is 0 Å². The highest BCUT2D eigenvalue weighted by molar-refractivity contribution is 8.04. The lowest BCUT2D eigenvalue weighted by atomic mass is 10.1. The van der Waals surface area contributed by atoms with E-state index in [1.807, 2.05) is 19.1 Å². The smallest absolute Gasteiger partial charge is 0.268 e. The lowest BCUT2D eigenvalue weighted by molar-refractivity contribution is -0.136. The van der Waals surface area contributed by atoms with E-state index in [2.05, 4.69) is 5.32 Å². The van der Waals surface area contributed by atoms with Gasteiger partial charge in [-0.25, -0.2) is 0 Å². The fourth-order valence-corrected chi connectivity index (χ4v) is 4.26. The quantitative estimate of drug-likeness (QED) is 0.439. The molecule has 0 saturated carbocycles. The van der Waals surface area contributed by atoms with Gasteiger partial charge in [0.05, 0.1) is 10.5 Å². The Kier molecular flexibility index (Phi) is 7.90. The van der Waals surface area contributed by atoms with Gasteiger partial charge in [-0.1, -0.05) is 35.5 Å². The van der Waals surface area contributed by atoms with Crippen LogP contribution in [0.2, 0.25) is 5.02 Å². The zero-order valence-electron chi connectivity index (χ0n) is 17.3. The normalized spacial score (nSPS) is 13.8. The largest absolute Gasteiger partial charge is 0.382 e. The average molecular weight is 459 g/mol. The Labute approximate surface area is 190 Å². The molecule has 0 bridgehead atoms. The molecule has 3 amide bonds. The topological polar surface area (TPSA) is 75.7 Å². The number of nitrogens with zero attached hydrogens (tertiary/aromatic N) is 1. The molecule has 0 saturated heterocycles. The first-order valence-corrected chi connectivity index (χ1v) is 11.1. The van der Waals surface area contributed by atoms with E-state index in [-0.39, 0.29) is 24.3 Å². The number of anilines is 1. The molecule has 2 aromatic rings. The van der Waals surface area contributed by atoms with Crippen molar-refractivity contribution in [2.24, 2.45) is 0 Å². The van der Waals surface area contributed by atoms with E-state index in [1.165, 1.54) is 23.6 Å². The van der Waals surface area contributed by atoms with Gasteiger partial charge in [0.2, 0.25) is 5.91 Å². The third-order valence-electron chi connectivity index (χ3n) is 4.53. The number of rotatable bonds is 9. The van der Waals surface area contributed by atoms with Crippen molar-refractivity contribution in [1.82, 2.24) is 4.90 Å². The second kappa shape index (κ2) is 10.6. The van der Waals surface area contributed by atoms with E-state index < -0.39 is 0 Å². The van der Waals surface area contributed by atoms with Gasteiger partial charge in [0.1, 0.15) is 0 Å². The predicted molar refractivity (Wildman–Crippen MR) is 123 cm³/mol. The molecular formula is C23H23ClN2O4S.